The van der Waals surface area contributed by atoms with E-state index in [0.29, 0.717) is 17.9 Å². The van der Waals surface area contributed by atoms with Crippen molar-refractivity contribution in [2.24, 2.45) is 0 Å². The van der Waals surface area contributed by atoms with E-state index in [-0.39, 0.29) is 11.6 Å². The lowest BCUT2D eigenvalue weighted by molar-refractivity contribution is 0.496. The molecule has 1 aromatic rings. The zero-order chi connectivity index (χ0) is 12.1. The molecule has 1 rings (SSSR count). The molecule has 1 atom stereocenters. The quantitative estimate of drug-likeness (QED) is 0.854. The molecule has 16 heavy (non-hydrogen) atoms. The third-order valence-corrected chi connectivity index (χ3v) is 3.12. The summed E-state index contributed by atoms with van der Waals surface area (Å²) in [6.45, 7) is 4.28. The van der Waals surface area contributed by atoms with Crippen LogP contribution in [0.15, 0.2) is 12.1 Å². The SMILES string of the molecule is CCNC(CSC)c1c(F)ccc(C)c1F. The Bertz CT molecular complexity index is 349. The van der Waals surface area contributed by atoms with Gasteiger partial charge < -0.3 is 5.32 Å². The lowest BCUT2D eigenvalue weighted by Gasteiger charge is -2.19. The molecule has 0 saturated carbocycles. The Morgan fingerprint density at radius 2 is 2.06 bits per heavy atom. The number of thioether (sulfide) groups is 1. The zero-order valence-corrected chi connectivity index (χ0v) is 10.6. The van der Waals surface area contributed by atoms with E-state index in [2.05, 4.69) is 5.32 Å². The van der Waals surface area contributed by atoms with Crippen LogP contribution >= 0.6 is 11.8 Å². The fourth-order valence-electron chi connectivity index (χ4n) is 1.66. The molecule has 0 bridgehead atoms. The number of halogens is 2. The van der Waals surface area contributed by atoms with Crippen molar-refractivity contribution >= 4 is 11.8 Å². The third-order valence-electron chi connectivity index (χ3n) is 2.45. The second-order valence-corrected chi connectivity index (χ2v) is 4.57. The van der Waals surface area contributed by atoms with Crippen LogP contribution in [0, 0.1) is 18.6 Å². The van der Waals surface area contributed by atoms with Gasteiger partial charge in [0.05, 0.1) is 0 Å². The number of benzene rings is 1. The van der Waals surface area contributed by atoms with Crippen LogP contribution < -0.4 is 5.32 Å². The molecule has 1 aromatic carbocycles. The minimum Gasteiger partial charge on any atom is -0.309 e. The molecular formula is C12H17F2NS. The molecule has 0 fully saturated rings. The molecule has 0 aliphatic rings. The molecule has 0 heterocycles. The molecule has 1 nitrogen and oxygen atoms in total. The fraction of sp³-hybridized carbons (Fsp3) is 0.500. The van der Waals surface area contributed by atoms with E-state index in [1.165, 1.54) is 12.1 Å². The van der Waals surface area contributed by atoms with Gasteiger partial charge in [0, 0.05) is 17.4 Å². The van der Waals surface area contributed by atoms with Gasteiger partial charge in [-0.15, -0.1) is 0 Å². The molecule has 0 spiro atoms. The van der Waals surface area contributed by atoms with Crippen molar-refractivity contribution in [3.63, 3.8) is 0 Å². The van der Waals surface area contributed by atoms with Gasteiger partial charge in [-0.25, -0.2) is 8.78 Å². The number of hydrogen-bond acceptors (Lipinski definition) is 2. The minimum atomic E-state index is -0.469. The van der Waals surface area contributed by atoms with Gasteiger partial charge in [-0.3, -0.25) is 0 Å². The van der Waals surface area contributed by atoms with Crippen molar-refractivity contribution < 1.29 is 8.78 Å². The van der Waals surface area contributed by atoms with Crippen LogP contribution in [0.3, 0.4) is 0 Å². The van der Waals surface area contributed by atoms with Crippen molar-refractivity contribution in [3.8, 4) is 0 Å². The molecule has 0 aliphatic carbocycles. The van der Waals surface area contributed by atoms with Crippen molar-refractivity contribution in [3.05, 3.63) is 34.9 Å². The highest BCUT2D eigenvalue weighted by Crippen LogP contribution is 2.25. The number of nitrogens with one attached hydrogen (secondary N) is 1. The highest BCUT2D eigenvalue weighted by Gasteiger charge is 2.20. The summed E-state index contributed by atoms with van der Waals surface area (Å²) in [6.07, 6.45) is 1.93. The number of rotatable bonds is 5. The summed E-state index contributed by atoms with van der Waals surface area (Å²) in [5.41, 5.74) is 0.650. The Balaban J connectivity index is 3.11. The first-order chi connectivity index (χ1) is 7.61. The van der Waals surface area contributed by atoms with E-state index in [4.69, 9.17) is 0 Å². The smallest absolute Gasteiger partial charge is 0.133 e. The van der Waals surface area contributed by atoms with Gasteiger partial charge in [0.2, 0.25) is 0 Å². The average Bonchev–Trinajstić information content (AvgIpc) is 2.25. The van der Waals surface area contributed by atoms with E-state index < -0.39 is 11.6 Å². The van der Waals surface area contributed by atoms with Gasteiger partial charge in [0.1, 0.15) is 11.6 Å². The number of hydrogen-bond donors (Lipinski definition) is 1. The molecule has 0 aliphatic heterocycles. The van der Waals surface area contributed by atoms with Crippen molar-refractivity contribution in [1.82, 2.24) is 5.32 Å². The van der Waals surface area contributed by atoms with Gasteiger partial charge in [-0.2, -0.15) is 11.8 Å². The Hall–Kier alpha value is -0.610. The molecule has 0 amide bonds. The van der Waals surface area contributed by atoms with Crippen LogP contribution in [0.4, 0.5) is 8.78 Å². The summed E-state index contributed by atoms with van der Waals surface area (Å²) in [5.74, 6) is -0.242. The zero-order valence-electron chi connectivity index (χ0n) is 9.81. The van der Waals surface area contributed by atoms with Crippen molar-refractivity contribution in [2.75, 3.05) is 18.6 Å². The Kier molecular flexibility index (Phi) is 5.22. The first kappa shape index (κ1) is 13.5. The molecule has 1 N–H and O–H groups in total. The lowest BCUT2D eigenvalue weighted by atomic mass is 10.0. The van der Waals surface area contributed by atoms with E-state index in [1.54, 1.807) is 18.7 Å². The monoisotopic (exact) mass is 245 g/mol. The molecule has 4 heteroatoms. The predicted molar refractivity (Wildman–Crippen MR) is 65.9 cm³/mol. The normalized spacial score (nSPS) is 12.8. The molecule has 0 radical (unpaired) electrons. The van der Waals surface area contributed by atoms with E-state index in [0.717, 1.165) is 0 Å². The lowest BCUT2D eigenvalue weighted by Crippen LogP contribution is -2.25. The maximum atomic E-state index is 13.9. The van der Waals surface area contributed by atoms with E-state index in [9.17, 15) is 8.78 Å². The van der Waals surface area contributed by atoms with Crippen LogP contribution in [0.2, 0.25) is 0 Å². The molecule has 90 valence electrons. The van der Waals surface area contributed by atoms with Gasteiger partial charge >= 0.3 is 0 Å². The topological polar surface area (TPSA) is 12.0 Å². The van der Waals surface area contributed by atoms with Crippen LogP contribution in [0.1, 0.15) is 24.1 Å². The Morgan fingerprint density at radius 3 is 2.62 bits per heavy atom. The second-order valence-electron chi connectivity index (χ2n) is 3.66. The van der Waals surface area contributed by atoms with Crippen molar-refractivity contribution in [2.45, 2.75) is 19.9 Å². The second kappa shape index (κ2) is 6.21. The van der Waals surface area contributed by atoms with Gasteiger partial charge in [0.15, 0.2) is 0 Å². The van der Waals surface area contributed by atoms with E-state index >= 15 is 0 Å². The largest absolute Gasteiger partial charge is 0.309 e. The summed E-state index contributed by atoms with van der Waals surface area (Å²) < 4.78 is 27.5. The molecule has 0 saturated heterocycles. The summed E-state index contributed by atoms with van der Waals surface area (Å²) in [6, 6.07) is 2.54. The summed E-state index contributed by atoms with van der Waals surface area (Å²) in [7, 11) is 0. The van der Waals surface area contributed by atoms with Crippen LogP contribution in [0.5, 0.6) is 0 Å². The maximum Gasteiger partial charge on any atom is 0.133 e. The van der Waals surface area contributed by atoms with Gasteiger partial charge in [-0.05, 0) is 31.4 Å². The molecule has 1 unspecified atom stereocenters. The molecular weight excluding hydrogens is 228 g/mol. The van der Waals surface area contributed by atoms with Gasteiger partial charge in [0.25, 0.3) is 0 Å². The minimum absolute atomic E-state index is 0.163. The van der Waals surface area contributed by atoms with Crippen molar-refractivity contribution in [1.29, 1.82) is 0 Å². The van der Waals surface area contributed by atoms with Crippen LogP contribution in [-0.2, 0) is 0 Å². The van der Waals surface area contributed by atoms with Gasteiger partial charge in [-0.1, -0.05) is 13.0 Å². The fourth-order valence-corrected chi connectivity index (χ4v) is 2.27. The first-order valence-corrected chi connectivity index (χ1v) is 6.68. The summed E-state index contributed by atoms with van der Waals surface area (Å²) in [5, 5.41) is 3.11. The summed E-state index contributed by atoms with van der Waals surface area (Å²) in [4.78, 5) is 0. The third kappa shape index (κ3) is 2.95. The highest BCUT2D eigenvalue weighted by molar-refractivity contribution is 7.98. The van der Waals surface area contributed by atoms with Crippen LogP contribution in [-0.4, -0.2) is 18.6 Å². The maximum absolute atomic E-state index is 13.9. The van der Waals surface area contributed by atoms with Crippen LogP contribution in [0.25, 0.3) is 0 Å². The number of aryl methyl sites for hydroxylation is 1. The first-order valence-electron chi connectivity index (χ1n) is 5.28. The molecule has 0 aromatic heterocycles. The Morgan fingerprint density at radius 1 is 1.38 bits per heavy atom. The highest BCUT2D eigenvalue weighted by atomic mass is 32.2. The average molecular weight is 245 g/mol. The summed E-state index contributed by atoms with van der Waals surface area (Å²) >= 11 is 1.57. The van der Waals surface area contributed by atoms with E-state index in [1.807, 2.05) is 13.2 Å². The standard InChI is InChI=1S/C12H17F2NS/c1-4-15-10(7-16-3)11-9(13)6-5-8(2)12(11)14/h5-6,10,15H,4,7H2,1-3H3. The predicted octanol–water partition coefficient (Wildman–Crippen LogP) is 3.29. The Labute approximate surface area is 99.6 Å².